The van der Waals surface area contributed by atoms with Crippen molar-refractivity contribution in [1.82, 2.24) is 10.2 Å². The molecule has 0 fully saturated rings. The molecule has 1 N–H and O–H groups in total. The number of anilines is 1. The molecule has 0 heterocycles. The molecule has 3 aromatic carbocycles. The zero-order valence-electron chi connectivity index (χ0n) is 25.1. The lowest BCUT2D eigenvalue weighted by Crippen LogP contribution is -2.53. The van der Waals surface area contributed by atoms with Gasteiger partial charge in [-0.15, -0.1) is 0 Å². The average molecular weight is 578 g/mol. The summed E-state index contributed by atoms with van der Waals surface area (Å²) in [5.41, 5.74) is 4.14. The normalized spacial score (nSPS) is 12.8. The minimum absolute atomic E-state index is 0.0530. The zero-order chi connectivity index (χ0) is 30.2. The van der Waals surface area contributed by atoms with E-state index in [0.29, 0.717) is 18.5 Å². The lowest BCUT2D eigenvalue weighted by atomic mass is 10.1. The second-order valence-electron chi connectivity index (χ2n) is 10.6. The number of amides is 2. The van der Waals surface area contributed by atoms with Gasteiger partial charge in [0.15, 0.2) is 0 Å². The number of carbonyl (C=O) groups is 2. The fourth-order valence-corrected chi connectivity index (χ4v) is 6.11. The molecule has 7 nitrogen and oxygen atoms in total. The molecule has 0 unspecified atom stereocenters. The van der Waals surface area contributed by atoms with Crippen LogP contribution in [0.5, 0.6) is 0 Å². The van der Waals surface area contributed by atoms with Crippen LogP contribution in [0.4, 0.5) is 5.69 Å². The number of benzene rings is 3. The molecule has 0 aromatic heterocycles. The van der Waals surface area contributed by atoms with Gasteiger partial charge in [-0.1, -0.05) is 86.5 Å². The SMILES string of the molecule is CCc1ccccc1N(CC(=O)N(Cc1ccc(C)cc1)[C@@H](CC)C(=O)N[C@@H](C)CC)S(=O)(=O)c1ccc(C)cc1. The Kier molecular flexibility index (Phi) is 11.1. The Morgan fingerprint density at radius 3 is 1.98 bits per heavy atom. The van der Waals surface area contributed by atoms with Gasteiger partial charge in [0.05, 0.1) is 10.6 Å². The molecule has 0 aliphatic heterocycles. The van der Waals surface area contributed by atoms with Crippen LogP contribution in [0.3, 0.4) is 0 Å². The summed E-state index contributed by atoms with van der Waals surface area (Å²) in [6, 6.07) is 20.8. The van der Waals surface area contributed by atoms with E-state index in [9.17, 15) is 18.0 Å². The first-order valence-electron chi connectivity index (χ1n) is 14.3. The number of aryl methyl sites for hydroxylation is 3. The maximum absolute atomic E-state index is 14.2. The van der Waals surface area contributed by atoms with Crippen LogP contribution in [0.2, 0.25) is 0 Å². The highest BCUT2D eigenvalue weighted by Crippen LogP contribution is 2.28. The number of nitrogens with one attached hydrogen (secondary N) is 1. The Hall–Kier alpha value is -3.65. The van der Waals surface area contributed by atoms with E-state index < -0.39 is 28.5 Å². The van der Waals surface area contributed by atoms with E-state index >= 15 is 0 Å². The van der Waals surface area contributed by atoms with Crippen molar-refractivity contribution in [3.8, 4) is 0 Å². The molecule has 0 aliphatic rings. The van der Waals surface area contributed by atoms with E-state index in [0.717, 1.165) is 28.7 Å². The predicted molar refractivity (Wildman–Crippen MR) is 165 cm³/mol. The van der Waals surface area contributed by atoms with Gasteiger partial charge < -0.3 is 10.2 Å². The number of rotatable bonds is 13. The highest BCUT2D eigenvalue weighted by Gasteiger charge is 2.34. The Bertz CT molecular complexity index is 1420. The molecule has 0 aliphatic carbocycles. The van der Waals surface area contributed by atoms with E-state index in [1.165, 1.54) is 9.21 Å². The zero-order valence-corrected chi connectivity index (χ0v) is 25.9. The molecule has 0 spiro atoms. The van der Waals surface area contributed by atoms with E-state index in [4.69, 9.17) is 0 Å². The summed E-state index contributed by atoms with van der Waals surface area (Å²) in [6.45, 7) is 11.3. The van der Waals surface area contributed by atoms with Crippen molar-refractivity contribution in [2.24, 2.45) is 0 Å². The summed E-state index contributed by atoms with van der Waals surface area (Å²) >= 11 is 0. The Balaban J connectivity index is 2.09. The van der Waals surface area contributed by atoms with Gasteiger partial charge in [-0.3, -0.25) is 13.9 Å². The fraction of sp³-hybridized carbons (Fsp3) is 0.394. The largest absolute Gasteiger partial charge is 0.352 e. The van der Waals surface area contributed by atoms with Gasteiger partial charge in [0.2, 0.25) is 11.8 Å². The minimum atomic E-state index is -4.10. The molecule has 0 saturated carbocycles. The van der Waals surface area contributed by atoms with Crippen LogP contribution in [-0.4, -0.2) is 43.8 Å². The lowest BCUT2D eigenvalue weighted by Gasteiger charge is -2.34. The van der Waals surface area contributed by atoms with Crippen molar-refractivity contribution in [2.75, 3.05) is 10.8 Å². The maximum atomic E-state index is 14.2. The summed E-state index contributed by atoms with van der Waals surface area (Å²) in [5, 5.41) is 3.01. The molecule has 2 atom stereocenters. The second kappa shape index (κ2) is 14.3. The monoisotopic (exact) mass is 577 g/mol. The van der Waals surface area contributed by atoms with Gasteiger partial charge in [0, 0.05) is 12.6 Å². The first-order chi connectivity index (χ1) is 19.5. The topological polar surface area (TPSA) is 86.8 Å². The van der Waals surface area contributed by atoms with Gasteiger partial charge in [0.25, 0.3) is 10.0 Å². The Labute approximate surface area is 245 Å². The number of carbonyl (C=O) groups excluding carboxylic acids is 2. The summed E-state index contributed by atoms with van der Waals surface area (Å²) in [4.78, 5) is 29.3. The van der Waals surface area contributed by atoms with Crippen molar-refractivity contribution in [3.05, 3.63) is 95.1 Å². The summed E-state index contributed by atoms with van der Waals surface area (Å²) < 4.78 is 29.4. The van der Waals surface area contributed by atoms with Gasteiger partial charge in [-0.25, -0.2) is 8.42 Å². The Morgan fingerprint density at radius 1 is 0.829 bits per heavy atom. The van der Waals surface area contributed by atoms with Crippen molar-refractivity contribution in [1.29, 1.82) is 0 Å². The molecule has 0 saturated heterocycles. The summed E-state index contributed by atoms with van der Waals surface area (Å²) in [7, 11) is -4.10. The molecule has 220 valence electrons. The number of para-hydroxylation sites is 1. The van der Waals surface area contributed by atoms with E-state index in [1.54, 1.807) is 36.4 Å². The summed E-state index contributed by atoms with van der Waals surface area (Å²) in [6.07, 6.45) is 1.73. The lowest BCUT2D eigenvalue weighted by molar-refractivity contribution is -0.140. The van der Waals surface area contributed by atoms with Crippen LogP contribution >= 0.6 is 0 Å². The van der Waals surface area contributed by atoms with Crippen LogP contribution in [0.15, 0.2) is 77.7 Å². The third kappa shape index (κ3) is 7.97. The number of hydrogen-bond donors (Lipinski definition) is 1. The first-order valence-corrected chi connectivity index (χ1v) is 15.8. The van der Waals surface area contributed by atoms with Gasteiger partial charge >= 0.3 is 0 Å². The van der Waals surface area contributed by atoms with Crippen molar-refractivity contribution in [3.63, 3.8) is 0 Å². The van der Waals surface area contributed by atoms with Gasteiger partial charge in [-0.2, -0.15) is 0 Å². The third-order valence-corrected chi connectivity index (χ3v) is 9.16. The van der Waals surface area contributed by atoms with Gasteiger partial charge in [0.1, 0.15) is 12.6 Å². The molecule has 3 aromatic rings. The van der Waals surface area contributed by atoms with Crippen LogP contribution in [-0.2, 0) is 32.6 Å². The second-order valence-corrected chi connectivity index (χ2v) is 12.4. The van der Waals surface area contributed by atoms with Crippen molar-refractivity contribution in [2.45, 2.75) is 84.3 Å². The standard InChI is InChI=1S/C33H43N3O4S/c1-7-26(6)34-33(38)30(9-3)35(22-27-18-14-24(4)15-19-27)32(37)23-36(31-13-11-10-12-28(31)8-2)41(39,40)29-20-16-25(5)17-21-29/h10-21,26,30H,7-9,22-23H2,1-6H3,(H,34,38)/t26-,30-/m0/s1. The van der Waals surface area contributed by atoms with Crippen LogP contribution in [0.25, 0.3) is 0 Å². The van der Waals surface area contributed by atoms with Crippen LogP contribution in [0.1, 0.15) is 62.8 Å². The van der Waals surface area contributed by atoms with Crippen LogP contribution < -0.4 is 9.62 Å². The molecular weight excluding hydrogens is 534 g/mol. The minimum Gasteiger partial charge on any atom is -0.352 e. The highest BCUT2D eigenvalue weighted by molar-refractivity contribution is 7.92. The number of sulfonamides is 1. The molecular formula is C33H43N3O4S. The number of hydrogen-bond acceptors (Lipinski definition) is 4. The maximum Gasteiger partial charge on any atom is 0.264 e. The van der Waals surface area contributed by atoms with Crippen molar-refractivity contribution < 1.29 is 18.0 Å². The van der Waals surface area contributed by atoms with Crippen LogP contribution in [0, 0.1) is 13.8 Å². The van der Waals surface area contributed by atoms with Crippen molar-refractivity contribution >= 4 is 27.5 Å². The predicted octanol–water partition coefficient (Wildman–Crippen LogP) is 5.78. The Morgan fingerprint density at radius 2 is 1.41 bits per heavy atom. The molecule has 2 amide bonds. The fourth-order valence-electron chi connectivity index (χ4n) is 4.65. The average Bonchev–Trinajstić information content (AvgIpc) is 2.96. The van der Waals surface area contributed by atoms with Gasteiger partial charge in [-0.05, 0) is 69.4 Å². The summed E-state index contributed by atoms with van der Waals surface area (Å²) in [5.74, 6) is -0.692. The van der Waals surface area contributed by atoms with E-state index in [2.05, 4.69) is 5.32 Å². The highest BCUT2D eigenvalue weighted by atomic mass is 32.2. The first kappa shape index (κ1) is 31.9. The quantitative estimate of drug-likeness (QED) is 0.279. The third-order valence-electron chi connectivity index (χ3n) is 7.39. The number of nitrogens with zero attached hydrogens (tertiary/aromatic N) is 2. The molecule has 8 heteroatoms. The molecule has 3 rings (SSSR count). The molecule has 0 bridgehead atoms. The molecule has 41 heavy (non-hydrogen) atoms. The van der Waals surface area contributed by atoms with E-state index in [-0.39, 0.29) is 23.4 Å². The van der Waals surface area contributed by atoms with E-state index in [1.807, 2.05) is 77.9 Å². The smallest absolute Gasteiger partial charge is 0.264 e. The molecule has 0 radical (unpaired) electrons.